The summed E-state index contributed by atoms with van der Waals surface area (Å²) < 4.78 is 27.3. The van der Waals surface area contributed by atoms with E-state index in [-0.39, 0.29) is 23.9 Å². The van der Waals surface area contributed by atoms with E-state index in [1.807, 2.05) is 32.9 Å². The van der Waals surface area contributed by atoms with E-state index in [0.717, 1.165) is 25.7 Å². The van der Waals surface area contributed by atoms with E-state index in [9.17, 15) is 32.7 Å². The van der Waals surface area contributed by atoms with E-state index in [0.29, 0.717) is 25.8 Å². The van der Waals surface area contributed by atoms with Crippen molar-refractivity contribution >= 4 is 33.8 Å². The Morgan fingerprint density at radius 2 is 1.83 bits per heavy atom. The van der Waals surface area contributed by atoms with Gasteiger partial charge < -0.3 is 26.0 Å². The number of rotatable bonds is 16. The first-order valence-electron chi connectivity index (χ1n) is 16.2. The molecular formula is C33H51N5O7S. The van der Waals surface area contributed by atoms with Crippen molar-refractivity contribution in [2.75, 3.05) is 26.7 Å². The zero-order valence-corrected chi connectivity index (χ0v) is 28.6. The minimum Gasteiger partial charge on any atom is -0.479 e. The second kappa shape index (κ2) is 15.9. The summed E-state index contributed by atoms with van der Waals surface area (Å²) in [4.78, 5) is 52.9. The standard InChI is InChI=1S/C33H51N5O7S/c1-6-7-8-9-10-12-16-24-21-33(24,30(41)42)36-29(40)26-19-15-20-38(26)28(39)22-34-31(43)35-27(32(2,3)4)23-37(5)46(44,45)25-17-13-11-14-18-25/h11-14,16-18,24,26-27H,6-10,15,19-23H2,1-5H3,(H,36,40)(H,41,42)(H2,34,35,43)/b16-12-/t24?,26-,27?,33+/m0/s1. The highest BCUT2D eigenvalue weighted by atomic mass is 32.2. The van der Waals surface area contributed by atoms with Crippen LogP contribution >= 0.6 is 0 Å². The molecule has 1 heterocycles. The number of urea groups is 1. The van der Waals surface area contributed by atoms with Gasteiger partial charge >= 0.3 is 12.0 Å². The largest absolute Gasteiger partial charge is 0.479 e. The molecule has 1 aliphatic carbocycles. The van der Waals surface area contributed by atoms with Crippen molar-refractivity contribution in [2.45, 2.75) is 102 Å². The molecule has 0 radical (unpaired) electrons. The molecule has 4 atom stereocenters. The number of carbonyl (C=O) groups is 4. The molecule has 4 N–H and O–H groups in total. The third kappa shape index (κ3) is 9.54. The summed E-state index contributed by atoms with van der Waals surface area (Å²) in [6, 6.07) is 5.95. The van der Waals surface area contributed by atoms with E-state index < -0.39 is 56.9 Å². The highest BCUT2D eigenvalue weighted by Crippen LogP contribution is 2.45. The Labute approximate surface area is 273 Å². The quantitative estimate of drug-likeness (QED) is 0.156. The molecule has 0 bridgehead atoms. The minimum absolute atomic E-state index is 0.00314. The Hall–Kier alpha value is -3.45. The maximum atomic E-state index is 13.2. The van der Waals surface area contributed by atoms with Crippen LogP contribution in [0.4, 0.5) is 4.79 Å². The molecule has 2 fully saturated rings. The molecule has 1 aromatic rings. The van der Waals surface area contributed by atoms with Gasteiger partial charge in [-0.1, -0.05) is 77.3 Å². The molecule has 1 aliphatic heterocycles. The summed E-state index contributed by atoms with van der Waals surface area (Å²) in [5.74, 6) is -2.36. The average molecular weight is 662 g/mol. The fourth-order valence-corrected chi connectivity index (χ4v) is 6.89. The first-order valence-corrected chi connectivity index (χ1v) is 17.6. The van der Waals surface area contributed by atoms with Crippen molar-refractivity contribution in [2.24, 2.45) is 11.3 Å². The Kier molecular flexibility index (Phi) is 12.8. The summed E-state index contributed by atoms with van der Waals surface area (Å²) in [5.41, 5.74) is -1.89. The van der Waals surface area contributed by atoms with E-state index in [1.54, 1.807) is 18.2 Å². The van der Waals surface area contributed by atoms with Gasteiger partial charge in [-0.3, -0.25) is 9.59 Å². The molecule has 256 valence electrons. The second-order valence-corrected chi connectivity index (χ2v) is 15.5. The minimum atomic E-state index is -3.79. The molecule has 1 aromatic carbocycles. The number of benzene rings is 1. The number of hydrogen-bond acceptors (Lipinski definition) is 6. The maximum absolute atomic E-state index is 13.2. The van der Waals surface area contributed by atoms with Gasteiger partial charge in [0.1, 0.15) is 11.6 Å². The maximum Gasteiger partial charge on any atom is 0.330 e. The number of sulfonamides is 1. The SMILES string of the molecule is CCCCCC/C=C\C1C[C@]1(NC(=O)[C@@H]1CCCN1C(=O)CNC(=O)NC(CN(C)S(=O)(=O)c1ccccc1)C(C)(C)C)C(=O)O. The van der Waals surface area contributed by atoms with Gasteiger partial charge in [0.15, 0.2) is 0 Å². The summed E-state index contributed by atoms with van der Waals surface area (Å²) in [6.07, 6.45) is 10.5. The molecule has 2 aliphatic rings. The normalized spacial score (nSPS) is 22.1. The molecule has 0 spiro atoms. The van der Waals surface area contributed by atoms with Crippen LogP contribution in [0.3, 0.4) is 0 Å². The predicted octanol–water partition coefficient (Wildman–Crippen LogP) is 3.50. The number of carbonyl (C=O) groups excluding carboxylic acids is 3. The number of carboxylic acids is 1. The van der Waals surface area contributed by atoms with Crippen LogP contribution in [0.1, 0.15) is 79.1 Å². The molecule has 4 amide bonds. The van der Waals surface area contributed by atoms with Crippen LogP contribution < -0.4 is 16.0 Å². The molecule has 2 unspecified atom stereocenters. The topological polar surface area (TPSA) is 165 Å². The van der Waals surface area contributed by atoms with Crippen LogP contribution in [0.5, 0.6) is 0 Å². The van der Waals surface area contributed by atoms with E-state index in [4.69, 9.17) is 0 Å². The van der Waals surface area contributed by atoms with Crippen molar-refractivity contribution in [3.63, 3.8) is 0 Å². The molecule has 1 saturated heterocycles. The number of hydrogen-bond donors (Lipinski definition) is 4. The lowest BCUT2D eigenvalue weighted by Gasteiger charge is -2.34. The molecule has 46 heavy (non-hydrogen) atoms. The highest BCUT2D eigenvalue weighted by molar-refractivity contribution is 7.89. The van der Waals surface area contributed by atoms with Gasteiger partial charge in [0, 0.05) is 32.1 Å². The average Bonchev–Trinajstić information content (AvgIpc) is 3.47. The number of nitrogens with one attached hydrogen (secondary N) is 3. The molecular weight excluding hydrogens is 610 g/mol. The first-order chi connectivity index (χ1) is 21.6. The number of amides is 4. The Morgan fingerprint density at radius 1 is 1.13 bits per heavy atom. The molecule has 3 rings (SSSR count). The van der Waals surface area contributed by atoms with Gasteiger partial charge in [-0.2, -0.15) is 4.31 Å². The number of allylic oxidation sites excluding steroid dienone is 1. The van der Waals surface area contributed by atoms with Crippen LogP contribution in [-0.4, -0.2) is 90.8 Å². The number of likely N-dealkylation sites (tertiary alicyclic amines) is 1. The fraction of sp³-hybridized carbons (Fsp3) is 0.636. The van der Waals surface area contributed by atoms with E-state index >= 15 is 0 Å². The monoisotopic (exact) mass is 661 g/mol. The van der Waals surface area contributed by atoms with Gasteiger partial charge in [0.2, 0.25) is 21.8 Å². The Morgan fingerprint density at radius 3 is 2.46 bits per heavy atom. The zero-order chi connectivity index (χ0) is 34.1. The first kappa shape index (κ1) is 37.0. The summed E-state index contributed by atoms with van der Waals surface area (Å²) >= 11 is 0. The van der Waals surface area contributed by atoms with Gasteiger partial charge in [0.25, 0.3) is 0 Å². The van der Waals surface area contributed by atoms with Crippen LogP contribution in [-0.2, 0) is 24.4 Å². The van der Waals surface area contributed by atoms with Crippen molar-refractivity contribution in [3.05, 3.63) is 42.5 Å². The fourth-order valence-electron chi connectivity index (χ4n) is 5.68. The van der Waals surface area contributed by atoms with Gasteiger partial charge in [-0.15, -0.1) is 0 Å². The summed E-state index contributed by atoms with van der Waals surface area (Å²) in [5, 5.41) is 18.0. The highest BCUT2D eigenvalue weighted by Gasteiger charge is 2.61. The predicted molar refractivity (Wildman–Crippen MR) is 175 cm³/mol. The molecule has 1 saturated carbocycles. The summed E-state index contributed by atoms with van der Waals surface area (Å²) in [6.45, 7) is 7.69. The van der Waals surface area contributed by atoms with Crippen molar-refractivity contribution in [3.8, 4) is 0 Å². The van der Waals surface area contributed by atoms with E-state index in [2.05, 4.69) is 22.9 Å². The Balaban J connectivity index is 1.54. The lowest BCUT2D eigenvalue weighted by Crippen LogP contribution is -2.56. The van der Waals surface area contributed by atoms with Crippen LogP contribution in [0.15, 0.2) is 47.4 Å². The van der Waals surface area contributed by atoms with Gasteiger partial charge in [-0.05, 0) is 49.7 Å². The van der Waals surface area contributed by atoms with Gasteiger partial charge in [0.05, 0.1) is 11.4 Å². The van der Waals surface area contributed by atoms with Crippen molar-refractivity contribution in [1.82, 2.24) is 25.2 Å². The number of carboxylic acid groups (broad SMARTS) is 1. The number of nitrogens with zero attached hydrogens (tertiary/aromatic N) is 2. The smallest absolute Gasteiger partial charge is 0.330 e. The third-order valence-corrected chi connectivity index (χ3v) is 10.7. The Bertz CT molecular complexity index is 1360. The van der Waals surface area contributed by atoms with Crippen LogP contribution in [0.2, 0.25) is 0 Å². The van der Waals surface area contributed by atoms with Crippen molar-refractivity contribution < 1.29 is 32.7 Å². The third-order valence-electron chi connectivity index (χ3n) is 8.85. The lowest BCUT2D eigenvalue weighted by atomic mass is 9.87. The van der Waals surface area contributed by atoms with Crippen LogP contribution in [0.25, 0.3) is 0 Å². The van der Waals surface area contributed by atoms with Crippen LogP contribution in [0, 0.1) is 11.3 Å². The molecule has 0 aromatic heterocycles. The summed E-state index contributed by atoms with van der Waals surface area (Å²) in [7, 11) is -2.34. The van der Waals surface area contributed by atoms with Gasteiger partial charge in [-0.25, -0.2) is 18.0 Å². The van der Waals surface area contributed by atoms with Crippen molar-refractivity contribution in [1.29, 1.82) is 0 Å². The number of likely N-dealkylation sites (N-methyl/N-ethyl adjacent to an activating group) is 1. The molecule has 13 heteroatoms. The molecule has 12 nitrogen and oxygen atoms in total. The zero-order valence-electron chi connectivity index (χ0n) is 27.8. The number of aliphatic carboxylic acids is 1. The van der Waals surface area contributed by atoms with E-state index in [1.165, 1.54) is 34.8 Å². The lowest BCUT2D eigenvalue weighted by molar-refractivity contribution is -0.145. The second-order valence-electron chi connectivity index (χ2n) is 13.4. The number of unbranched alkanes of at least 4 members (excludes halogenated alkanes) is 4.